The largest absolute Gasteiger partial charge is 0.496 e. The predicted molar refractivity (Wildman–Crippen MR) is 144 cm³/mol. The Hall–Kier alpha value is -3.50. The van der Waals surface area contributed by atoms with E-state index in [1.165, 1.54) is 0 Å². The van der Waals surface area contributed by atoms with E-state index in [1.54, 1.807) is 43.5 Å². The number of methoxy groups -OCH3 is 1. The van der Waals surface area contributed by atoms with Crippen LogP contribution in [-0.4, -0.2) is 43.1 Å². The second kappa shape index (κ2) is 11.3. The molecule has 0 N–H and O–H groups in total. The average molecular weight is 547 g/mol. The maximum Gasteiger partial charge on any atom is 0.306 e. The molecule has 0 saturated carbocycles. The fourth-order valence-electron chi connectivity index (χ4n) is 3.58. The van der Waals surface area contributed by atoms with Gasteiger partial charge in [-0.3, -0.25) is 0 Å². The van der Waals surface area contributed by atoms with Gasteiger partial charge in [0.2, 0.25) is 0 Å². The average Bonchev–Trinajstić information content (AvgIpc) is 2.78. The Morgan fingerprint density at radius 3 is 1.95 bits per heavy atom. The van der Waals surface area contributed by atoms with Crippen LogP contribution in [0.2, 0.25) is 0 Å². The Kier molecular flexibility index (Phi) is 8.55. The summed E-state index contributed by atoms with van der Waals surface area (Å²) in [5, 5.41) is 0. The minimum Gasteiger partial charge on any atom is -0.496 e. The molecule has 8 nitrogen and oxygen atoms in total. The van der Waals surface area contributed by atoms with Crippen molar-refractivity contribution in [1.82, 2.24) is 0 Å². The molecule has 0 unspecified atom stereocenters. The van der Waals surface area contributed by atoms with E-state index in [9.17, 15) is 16.8 Å². The molecule has 0 bridgehead atoms. The fraction of sp³-hybridized carbons (Fsp3) is 0.259. The number of aryl methyl sites for hydroxylation is 1. The summed E-state index contributed by atoms with van der Waals surface area (Å²) >= 11 is 0. The van der Waals surface area contributed by atoms with Crippen molar-refractivity contribution in [2.24, 2.45) is 0 Å². The normalized spacial score (nSPS) is 11.5. The van der Waals surface area contributed by atoms with Gasteiger partial charge in [-0.2, -0.15) is 16.8 Å². The van der Waals surface area contributed by atoms with Crippen LogP contribution < -0.4 is 17.8 Å². The molecule has 0 fully saturated rings. The minimum atomic E-state index is -3.79. The Morgan fingerprint density at radius 1 is 0.757 bits per heavy atom. The molecule has 3 rings (SSSR count). The third kappa shape index (κ3) is 7.99. The first kappa shape index (κ1) is 28.1. The number of hydrogen-bond donors (Lipinski definition) is 0. The fourth-order valence-corrected chi connectivity index (χ4v) is 4.50. The van der Waals surface area contributed by atoms with Crippen molar-refractivity contribution < 1.29 is 34.7 Å². The minimum absolute atomic E-state index is 0.0889. The summed E-state index contributed by atoms with van der Waals surface area (Å²) < 4.78 is 68.1. The van der Waals surface area contributed by atoms with Crippen molar-refractivity contribution in [3.8, 4) is 45.3 Å². The predicted octanol–water partition coefficient (Wildman–Crippen LogP) is 5.36. The third-order valence-electron chi connectivity index (χ3n) is 5.19. The molecule has 0 saturated heterocycles. The summed E-state index contributed by atoms with van der Waals surface area (Å²) in [7, 11) is -5.86. The Balaban J connectivity index is 2.02. The molecule has 10 heteroatoms. The van der Waals surface area contributed by atoms with Crippen LogP contribution in [0.3, 0.4) is 0 Å². The summed E-state index contributed by atoms with van der Waals surface area (Å²) in [5.41, 5.74) is 5.10. The molecule has 0 aromatic heterocycles. The molecule has 0 amide bonds. The maximum atomic E-state index is 11.9. The van der Waals surface area contributed by atoms with Crippen LogP contribution in [0.1, 0.15) is 19.4 Å². The van der Waals surface area contributed by atoms with Crippen LogP contribution in [-0.2, 0) is 20.2 Å². The highest BCUT2D eigenvalue weighted by Crippen LogP contribution is 2.40. The molecule has 37 heavy (non-hydrogen) atoms. The Labute approximate surface area is 218 Å². The van der Waals surface area contributed by atoms with E-state index in [0.717, 1.165) is 40.3 Å². The van der Waals surface area contributed by atoms with Gasteiger partial charge in [0, 0.05) is 5.56 Å². The van der Waals surface area contributed by atoms with Crippen molar-refractivity contribution in [2.45, 2.75) is 20.8 Å². The lowest BCUT2D eigenvalue weighted by Crippen LogP contribution is -2.08. The molecule has 0 atom stereocenters. The first-order chi connectivity index (χ1) is 17.3. The molecular weight excluding hydrogens is 516 g/mol. The highest BCUT2D eigenvalue weighted by atomic mass is 32.2. The second-order valence-corrected chi connectivity index (χ2v) is 11.9. The van der Waals surface area contributed by atoms with Gasteiger partial charge < -0.3 is 17.8 Å². The first-order valence-electron chi connectivity index (χ1n) is 11.2. The SMILES string of the molecule is COc1cc(-c2ccc(OCC=C(C)C)c(OS(C)(=O)=O)c2)c(C)cc1-c1ccc(OS(C)(=O)=O)cc1. The lowest BCUT2D eigenvalue weighted by Gasteiger charge is -2.16. The molecular formula is C27H30O8S2. The van der Waals surface area contributed by atoms with Gasteiger partial charge in [-0.15, -0.1) is 0 Å². The summed E-state index contributed by atoms with van der Waals surface area (Å²) in [6.07, 6.45) is 3.85. The van der Waals surface area contributed by atoms with Crippen LogP contribution in [0, 0.1) is 6.92 Å². The second-order valence-electron chi connectivity index (χ2n) is 8.72. The van der Waals surface area contributed by atoms with E-state index >= 15 is 0 Å². The molecule has 0 radical (unpaired) electrons. The van der Waals surface area contributed by atoms with Gasteiger partial charge in [0.05, 0.1) is 19.6 Å². The first-order valence-corrected chi connectivity index (χ1v) is 14.9. The van der Waals surface area contributed by atoms with E-state index in [1.807, 2.05) is 45.0 Å². The van der Waals surface area contributed by atoms with Crippen molar-refractivity contribution >= 4 is 20.2 Å². The molecule has 198 valence electrons. The number of benzene rings is 3. The van der Waals surface area contributed by atoms with E-state index in [-0.39, 0.29) is 18.1 Å². The van der Waals surface area contributed by atoms with Gasteiger partial charge in [-0.1, -0.05) is 23.8 Å². The molecule has 0 aliphatic heterocycles. The van der Waals surface area contributed by atoms with Crippen molar-refractivity contribution in [3.05, 3.63) is 71.8 Å². The highest BCUT2D eigenvalue weighted by molar-refractivity contribution is 7.86. The maximum absolute atomic E-state index is 11.9. The van der Waals surface area contributed by atoms with Gasteiger partial charge in [-0.05, 0) is 85.5 Å². The monoisotopic (exact) mass is 546 g/mol. The molecule has 3 aromatic carbocycles. The summed E-state index contributed by atoms with van der Waals surface area (Å²) in [6.45, 7) is 6.09. The van der Waals surface area contributed by atoms with Crippen LogP contribution >= 0.6 is 0 Å². The van der Waals surface area contributed by atoms with Crippen LogP contribution in [0.4, 0.5) is 0 Å². The smallest absolute Gasteiger partial charge is 0.306 e. The van der Waals surface area contributed by atoms with Crippen LogP contribution in [0.5, 0.6) is 23.0 Å². The molecule has 0 spiro atoms. The van der Waals surface area contributed by atoms with E-state index in [0.29, 0.717) is 17.1 Å². The molecule has 0 aliphatic rings. The Bertz CT molecular complexity index is 1520. The third-order valence-corrected chi connectivity index (χ3v) is 6.16. The number of hydrogen-bond acceptors (Lipinski definition) is 8. The van der Waals surface area contributed by atoms with Gasteiger partial charge in [0.15, 0.2) is 11.5 Å². The van der Waals surface area contributed by atoms with Crippen molar-refractivity contribution in [2.75, 3.05) is 26.2 Å². The molecule has 3 aromatic rings. The van der Waals surface area contributed by atoms with Gasteiger partial charge >= 0.3 is 20.2 Å². The molecule has 0 aliphatic carbocycles. The zero-order valence-electron chi connectivity index (χ0n) is 21.6. The summed E-state index contributed by atoms with van der Waals surface area (Å²) in [6, 6.07) is 15.6. The van der Waals surface area contributed by atoms with Crippen LogP contribution in [0.15, 0.2) is 66.2 Å². The quantitative estimate of drug-likeness (QED) is 0.247. The van der Waals surface area contributed by atoms with Crippen LogP contribution in [0.25, 0.3) is 22.3 Å². The summed E-state index contributed by atoms with van der Waals surface area (Å²) in [5.74, 6) is 1.19. The van der Waals surface area contributed by atoms with Gasteiger partial charge in [0.1, 0.15) is 18.1 Å². The number of allylic oxidation sites excluding steroid dienone is 1. The van der Waals surface area contributed by atoms with Gasteiger partial charge in [-0.25, -0.2) is 0 Å². The standard InChI is InChI=1S/C27H30O8S2/c1-18(2)13-14-33-25-12-9-21(16-27(25)35-37(6,30)31)23-17-26(32-4)24(15-19(23)3)20-7-10-22(11-8-20)34-36(5,28)29/h7-13,15-17H,14H2,1-6H3. The van der Waals surface area contributed by atoms with Crippen molar-refractivity contribution in [3.63, 3.8) is 0 Å². The Morgan fingerprint density at radius 2 is 1.38 bits per heavy atom. The lowest BCUT2D eigenvalue weighted by molar-refractivity contribution is 0.347. The number of rotatable bonds is 10. The topological polar surface area (TPSA) is 105 Å². The lowest BCUT2D eigenvalue weighted by atomic mass is 9.94. The van der Waals surface area contributed by atoms with Crippen molar-refractivity contribution in [1.29, 1.82) is 0 Å². The zero-order chi connectivity index (χ0) is 27.4. The molecule has 0 heterocycles. The van der Waals surface area contributed by atoms with Gasteiger partial charge in [0.25, 0.3) is 0 Å². The highest BCUT2D eigenvalue weighted by Gasteiger charge is 2.17. The van der Waals surface area contributed by atoms with E-state index < -0.39 is 20.2 Å². The number of ether oxygens (including phenoxy) is 2. The van der Waals surface area contributed by atoms with E-state index in [4.69, 9.17) is 17.8 Å². The summed E-state index contributed by atoms with van der Waals surface area (Å²) in [4.78, 5) is 0. The zero-order valence-corrected chi connectivity index (χ0v) is 23.2. The van der Waals surface area contributed by atoms with E-state index in [2.05, 4.69) is 0 Å².